The molecule has 0 saturated carbocycles. The van der Waals surface area contributed by atoms with Crippen LogP contribution in [-0.4, -0.2) is 52.6 Å². The summed E-state index contributed by atoms with van der Waals surface area (Å²) in [6, 6.07) is 9.83. The molecule has 1 amide bonds. The Labute approximate surface area is 193 Å². The van der Waals surface area contributed by atoms with Gasteiger partial charge in [0.15, 0.2) is 11.6 Å². The molecule has 3 rings (SSSR count). The molecular formula is C22H21FN4O5S. The van der Waals surface area contributed by atoms with E-state index in [-0.39, 0.29) is 22.1 Å². The van der Waals surface area contributed by atoms with Crippen LogP contribution in [-0.2, 0) is 11.3 Å². The smallest absolute Gasteiger partial charge is 0.434 e. The van der Waals surface area contributed by atoms with Gasteiger partial charge >= 0.3 is 6.09 Å². The highest BCUT2D eigenvalue weighted by Gasteiger charge is 2.19. The summed E-state index contributed by atoms with van der Waals surface area (Å²) in [4.78, 5) is 24.6. The number of aryl methyl sites for hydroxylation is 1. The number of nitrogens with zero attached hydrogens (tertiary/aromatic N) is 4. The lowest BCUT2D eigenvalue weighted by atomic mass is 10.1. The van der Waals surface area contributed by atoms with Crippen molar-refractivity contribution in [2.24, 2.45) is 9.98 Å². The number of aliphatic hydroxyl groups excluding tert-OH is 1. The molecule has 0 unspecified atom stereocenters. The Balaban J connectivity index is 2.14. The van der Waals surface area contributed by atoms with E-state index in [1.165, 1.54) is 26.4 Å². The lowest BCUT2D eigenvalue weighted by molar-refractivity contribution is 0.183. The normalized spacial score (nSPS) is 12.1. The number of aromatic nitrogens is 2. The number of amides is 1. The zero-order chi connectivity index (χ0) is 24.0. The molecule has 1 N–H and O–H groups in total. The Morgan fingerprint density at radius 3 is 2.52 bits per heavy atom. The van der Waals surface area contributed by atoms with Crippen molar-refractivity contribution in [3.63, 3.8) is 0 Å². The number of thioether (sulfide) groups is 1. The van der Waals surface area contributed by atoms with Gasteiger partial charge in [0.05, 0.1) is 26.5 Å². The molecule has 11 heteroatoms. The molecule has 3 aromatic rings. The number of carbonyl (C=O) groups excluding carboxylic acids is 1. The first-order valence-electron chi connectivity index (χ1n) is 9.58. The lowest BCUT2D eigenvalue weighted by Gasteiger charge is -2.13. The van der Waals surface area contributed by atoms with E-state index in [9.17, 15) is 14.3 Å². The lowest BCUT2D eigenvalue weighted by Crippen LogP contribution is -2.15. The summed E-state index contributed by atoms with van der Waals surface area (Å²) in [5.74, 6) is 0.128. The Morgan fingerprint density at radius 1 is 1.24 bits per heavy atom. The molecule has 2 aromatic carbocycles. The molecule has 1 aromatic heterocycles. The van der Waals surface area contributed by atoms with Crippen LogP contribution >= 0.6 is 11.8 Å². The van der Waals surface area contributed by atoms with Gasteiger partial charge < -0.3 is 19.1 Å². The molecule has 0 aliphatic rings. The van der Waals surface area contributed by atoms with E-state index in [1.54, 1.807) is 37.4 Å². The molecule has 0 spiro atoms. The number of rotatable bonds is 6. The number of aliphatic hydroxyl groups is 1. The van der Waals surface area contributed by atoms with Crippen LogP contribution in [0.4, 0.5) is 14.9 Å². The molecule has 0 radical (unpaired) electrons. The van der Waals surface area contributed by atoms with E-state index >= 15 is 0 Å². The minimum atomic E-state index is -0.814. The quantitative estimate of drug-likeness (QED) is 0.416. The van der Waals surface area contributed by atoms with Crippen molar-refractivity contribution in [2.45, 2.75) is 13.5 Å². The van der Waals surface area contributed by atoms with E-state index < -0.39 is 18.5 Å². The van der Waals surface area contributed by atoms with Gasteiger partial charge in [0.25, 0.3) is 0 Å². The number of benzene rings is 2. The average Bonchev–Trinajstić information content (AvgIpc) is 3.27. The van der Waals surface area contributed by atoms with Gasteiger partial charge in [0, 0.05) is 23.6 Å². The van der Waals surface area contributed by atoms with E-state index in [2.05, 4.69) is 24.9 Å². The first-order chi connectivity index (χ1) is 15.9. The third-order valence-electron chi connectivity index (χ3n) is 4.44. The van der Waals surface area contributed by atoms with Gasteiger partial charge in [-0.3, -0.25) is 0 Å². The number of aliphatic imine (C=N–C) groups is 2. The summed E-state index contributed by atoms with van der Waals surface area (Å²) >= 11 is 1.16. The van der Waals surface area contributed by atoms with E-state index in [4.69, 9.17) is 9.26 Å². The van der Waals surface area contributed by atoms with Crippen LogP contribution in [0.25, 0.3) is 11.4 Å². The molecule has 0 bridgehead atoms. The number of hydrogen-bond acceptors (Lipinski definition) is 9. The first kappa shape index (κ1) is 24.1. The van der Waals surface area contributed by atoms with Gasteiger partial charge in [-0.2, -0.15) is 9.98 Å². The van der Waals surface area contributed by atoms with Gasteiger partial charge in [0.1, 0.15) is 10.8 Å². The minimum absolute atomic E-state index is 0.0124. The molecule has 0 fully saturated rings. The molecular weight excluding hydrogens is 451 g/mol. The molecule has 33 heavy (non-hydrogen) atoms. The number of halogens is 1. The van der Waals surface area contributed by atoms with Crippen LogP contribution in [0, 0.1) is 12.7 Å². The number of methoxy groups -OCH3 is 2. The van der Waals surface area contributed by atoms with Crippen LogP contribution in [0.15, 0.2) is 50.9 Å². The zero-order valence-electron chi connectivity index (χ0n) is 18.3. The summed E-state index contributed by atoms with van der Waals surface area (Å²) in [6.45, 7) is 1.15. The molecule has 1 heterocycles. The fourth-order valence-corrected chi connectivity index (χ4v) is 3.37. The molecule has 0 saturated heterocycles. The van der Waals surface area contributed by atoms with Crippen LogP contribution < -0.4 is 4.74 Å². The minimum Gasteiger partial charge on any atom is -0.494 e. The third-order valence-corrected chi connectivity index (χ3v) is 5.11. The van der Waals surface area contributed by atoms with Crippen molar-refractivity contribution in [3.05, 3.63) is 59.2 Å². The fourth-order valence-electron chi connectivity index (χ4n) is 2.85. The second-order valence-corrected chi connectivity index (χ2v) is 7.34. The van der Waals surface area contributed by atoms with Gasteiger partial charge in [-0.25, -0.2) is 14.2 Å². The highest BCUT2D eigenvalue weighted by molar-refractivity contribution is 8.15. The standard InChI is InChI=1S/C22H21FN4O5S/c1-12-24-20(27-32-12)13-5-7-16(8-6-13)25-19(21(33-4)26-22(29)31-3)14-9-15(11-28)18(23)17(10-14)30-2/h5-10,28H,11H2,1-4H3/b25-19-,26-21-. The maximum atomic E-state index is 14.4. The topological polar surface area (TPSA) is 119 Å². The molecule has 0 atom stereocenters. The van der Waals surface area contributed by atoms with Crippen molar-refractivity contribution in [2.75, 3.05) is 20.5 Å². The van der Waals surface area contributed by atoms with Gasteiger partial charge in [-0.05, 0) is 42.7 Å². The third kappa shape index (κ3) is 5.62. The van der Waals surface area contributed by atoms with E-state index in [0.29, 0.717) is 23.0 Å². The second kappa shape index (κ2) is 10.8. The highest BCUT2D eigenvalue weighted by Crippen LogP contribution is 2.27. The summed E-state index contributed by atoms with van der Waals surface area (Å²) in [5.41, 5.74) is 1.93. The first-order valence-corrected chi connectivity index (χ1v) is 10.8. The molecule has 0 aliphatic carbocycles. The van der Waals surface area contributed by atoms with Crippen molar-refractivity contribution in [1.82, 2.24) is 10.1 Å². The van der Waals surface area contributed by atoms with Gasteiger partial charge in [0.2, 0.25) is 11.7 Å². The van der Waals surface area contributed by atoms with Crippen molar-refractivity contribution < 1.29 is 28.3 Å². The average molecular weight is 472 g/mol. The largest absolute Gasteiger partial charge is 0.494 e. The van der Waals surface area contributed by atoms with Gasteiger partial charge in [-0.15, -0.1) is 11.8 Å². The Bertz CT molecular complexity index is 1180. The summed E-state index contributed by atoms with van der Waals surface area (Å²) in [7, 11) is 2.53. The van der Waals surface area contributed by atoms with Crippen molar-refractivity contribution in [1.29, 1.82) is 0 Å². The predicted octanol–water partition coefficient (Wildman–Crippen LogP) is 4.33. The second-order valence-electron chi connectivity index (χ2n) is 6.55. The van der Waals surface area contributed by atoms with Crippen molar-refractivity contribution in [3.8, 4) is 17.1 Å². The number of carbonyl (C=O) groups is 1. The van der Waals surface area contributed by atoms with Crippen LogP contribution in [0.2, 0.25) is 0 Å². The van der Waals surface area contributed by atoms with Crippen LogP contribution in [0.3, 0.4) is 0 Å². The molecule has 9 nitrogen and oxygen atoms in total. The van der Waals surface area contributed by atoms with Crippen LogP contribution in [0.5, 0.6) is 5.75 Å². The van der Waals surface area contributed by atoms with Crippen LogP contribution in [0.1, 0.15) is 17.0 Å². The predicted molar refractivity (Wildman–Crippen MR) is 123 cm³/mol. The fraction of sp³-hybridized carbons (Fsp3) is 0.227. The Kier molecular flexibility index (Phi) is 7.91. The summed E-state index contributed by atoms with van der Waals surface area (Å²) in [6.07, 6.45) is 0.901. The van der Waals surface area contributed by atoms with E-state index in [1.807, 2.05) is 0 Å². The Morgan fingerprint density at radius 2 is 1.97 bits per heavy atom. The van der Waals surface area contributed by atoms with Gasteiger partial charge in [-0.1, -0.05) is 5.16 Å². The summed E-state index contributed by atoms with van der Waals surface area (Å²) < 4.78 is 29.2. The number of hydrogen-bond donors (Lipinski definition) is 1. The monoisotopic (exact) mass is 472 g/mol. The highest BCUT2D eigenvalue weighted by atomic mass is 32.2. The Hall–Kier alpha value is -3.57. The van der Waals surface area contributed by atoms with Crippen molar-refractivity contribution >= 4 is 34.3 Å². The zero-order valence-corrected chi connectivity index (χ0v) is 19.1. The summed E-state index contributed by atoms with van der Waals surface area (Å²) in [5, 5.41) is 13.7. The SMILES string of the molecule is COC(=O)/N=C(SC)/C(=N\c1ccc(-c2noc(C)n2)cc1)c1cc(CO)c(F)c(OC)c1. The van der Waals surface area contributed by atoms with E-state index in [0.717, 1.165) is 17.3 Å². The number of ether oxygens (including phenoxy) is 2. The maximum Gasteiger partial charge on any atom is 0.434 e. The maximum absolute atomic E-state index is 14.4. The molecule has 0 aliphatic heterocycles. The molecule has 172 valence electrons.